The molecule has 4 rings (SSSR count). The molecule has 0 aliphatic heterocycles. The van der Waals surface area contributed by atoms with Crippen LogP contribution in [0.4, 0.5) is 0 Å². The van der Waals surface area contributed by atoms with Crippen molar-refractivity contribution >= 4 is 0 Å². The van der Waals surface area contributed by atoms with Crippen molar-refractivity contribution in [1.82, 2.24) is 25.1 Å². The largest absolute Gasteiger partial charge is 0.495 e. The van der Waals surface area contributed by atoms with Crippen LogP contribution in [0.1, 0.15) is 29.6 Å². The highest BCUT2D eigenvalue weighted by Gasteiger charge is 2.40. The lowest BCUT2D eigenvalue weighted by atomic mass is 10.2. The molecule has 1 saturated carbocycles. The molecular formula is C20H21N5O3. The van der Waals surface area contributed by atoms with E-state index in [1.165, 1.54) is 0 Å². The third-order valence-corrected chi connectivity index (χ3v) is 4.76. The standard InChI is InChI=1S/C20H21N5O3/c1-12-21-9-17(19-5-3-14(10-26)24-25-19)20(23-12)28-11-13-7-16(13)18-6-4-15(27-2)8-22-18/h3-6,8-9,13,16,26H,7,10-11H2,1-2H3. The maximum absolute atomic E-state index is 9.13. The smallest absolute Gasteiger partial charge is 0.226 e. The van der Waals surface area contributed by atoms with Gasteiger partial charge in [0, 0.05) is 23.7 Å². The minimum atomic E-state index is -0.149. The van der Waals surface area contributed by atoms with Gasteiger partial charge in [-0.2, -0.15) is 10.1 Å². The molecular weight excluding hydrogens is 358 g/mol. The number of methoxy groups -OCH3 is 1. The molecule has 0 amide bonds. The molecule has 0 bridgehead atoms. The molecule has 1 N–H and O–H groups in total. The highest BCUT2D eigenvalue weighted by molar-refractivity contribution is 5.63. The number of nitrogens with zero attached hydrogens (tertiary/aromatic N) is 5. The van der Waals surface area contributed by atoms with Gasteiger partial charge in [-0.05, 0) is 37.6 Å². The Balaban J connectivity index is 1.45. The second-order valence-corrected chi connectivity index (χ2v) is 6.74. The zero-order valence-electron chi connectivity index (χ0n) is 15.7. The SMILES string of the molecule is COc1ccc(C2CC2COc2nc(C)ncc2-c2ccc(CO)nn2)nc1. The van der Waals surface area contributed by atoms with E-state index in [-0.39, 0.29) is 6.61 Å². The number of ether oxygens (including phenoxy) is 2. The van der Waals surface area contributed by atoms with Crippen LogP contribution in [0, 0.1) is 12.8 Å². The van der Waals surface area contributed by atoms with Gasteiger partial charge >= 0.3 is 0 Å². The maximum Gasteiger partial charge on any atom is 0.226 e. The van der Waals surface area contributed by atoms with Crippen molar-refractivity contribution in [2.45, 2.75) is 25.9 Å². The Hall–Kier alpha value is -3.13. The van der Waals surface area contributed by atoms with Crippen LogP contribution < -0.4 is 9.47 Å². The Morgan fingerprint density at radius 3 is 2.68 bits per heavy atom. The quantitative estimate of drug-likeness (QED) is 0.667. The molecule has 28 heavy (non-hydrogen) atoms. The van der Waals surface area contributed by atoms with Crippen LogP contribution in [-0.2, 0) is 6.61 Å². The van der Waals surface area contributed by atoms with Crippen LogP contribution in [0.15, 0.2) is 36.7 Å². The van der Waals surface area contributed by atoms with Crippen molar-refractivity contribution in [1.29, 1.82) is 0 Å². The summed E-state index contributed by atoms with van der Waals surface area (Å²) in [4.78, 5) is 13.1. The molecule has 1 aliphatic rings. The first kappa shape index (κ1) is 18.2. The van der Waals surface area contributed by atoms with Gasteiger partial charge in [-0.15, -0.1) is 5.10 Å². The number of hydrogen-bond donors (Lipinski definition) is 1. The van der Waals surface area contributed by atoms with E-state index in [1.54, 1.807) is 31.6 Å². The molecule has 3 heterocycles. The number of aliphatic hydroxyl groups is 1. The lowest BCUT2D eigenvalue weighted by Crippen LogP contribution is -2.06. The number of aryl methyl sites for hydroxylation is 1. The fourth-order valence-electron chi connectivity index (χ4n) is 3.03. The third-order valence-electron chi connectivity index (χ3n) is 4.76. The van der Waals surface area contributed by atoms with Crippen LogP contribution in [0.25, 0.3) is 11.3 Å². The van der Waals surface area contributed by atoms with Crippen LogP contribution in [0.3, 0.4) is 0 Å². The van der Waals surface area contributed by atoms with E-state index in [0.717, 1.165) is 17.9 Å². The Kier molecular flexibility index (Phi) is 5.12. The Labute approximate surface area is 162 Å². The van der Waals surface area contributed by atoms with Gasteiger partial charge in [-0.3, -0.25) is 4.98 Å². The summed E-state index contributed by atoms with van der Waals surface area (Å²) >= 11 is 0. The number of aromatic nitrogens is 5. The number of hydrogen-bond acceptors (Lipinski definition) is 8. The summed E-state index contributed by atoms with van der Waals surface area (Å²) in [6, 6.07) is 7.43. The van der Waals surface area contributed by atoms with Gasteiger partial charge in [0.2, 0.25) is 5.88 Å². The average Bonchev–Trinajstić information content (AvgIpc) is 3.52. The molecule has 1 aliphatic carbocycles. The Morgan fingerprint density at radius 2 is 2.00 bits per heavy atom. The van der Waals surface area contributed by atoms with E-state index in [2.05, 4.69) is 25.1 Å². The zero-order valence-corrected chi connectivity index (χ0v) is 15.7. The first-order chi connectivity index (χ1) is 13.7. The molecule has 8 heteroatoms. The molecule has 1 fully saturated rings. The molecule has 0 spiro atoms. The van der Waals surface area contributed by atoms with Crippen LogP contribution in [0.2, 0.25) is 0 Å². The van der Waals surface area contributed by atoms with Gasteiger partial charge in [0.05, 0.1) is 43.5 Å². The zero-order chi connectivity index (χ0) is 19.5. The Morgan fingerprint density at radius 1 is 1.11 bits per heavy atom. The average molecular weight is 379 g/mol. The Bertz CT molecular complexity index is 947. The molecule has 0 saturated heterocycles. The first-order valence-corrected chi connectivity index (χ1v) is 9.08. The van der Waals surface area contributed by atoms with E-state index < -0.39 is 0 Å². The van der Waals surface area contributed by atoms with Gasteiger partial charge in [-0.25, -0.2) is 4.98 Å². The molecule has 144 valence electrons. The van der Waals surface area contributed by atoms with Gasteiger partial charge in [0.25, 0.3) is 0 Å². The summed E-state index contributed by atoms with van der Waals surface area (Å²) in [6.45, 7) is 2.21. The van der Waals surface area contributed by atoms with Gasteiger partial charge in [0.1, 0.15) is 11.6 Å². The van der Waals surface area contributed by atoms with Gasteiger partial charge in [-0.1, -0.05) is 0 Å². The summed E-state index contributed by atoms with van der Waals surface area (Å²) in [5.41, 5.74) is 2.85. The highest BCUT2D eigenvalue weighted by atomic mass is 16.5. The summed E-state index contributed by atoms with van der Waals surface area (Å²) < 4.78 is 11.2. The second-order valence-electron chi connectivity index (χ2n) is 6.74. The lowest BCUT2D eigenvalue weighted by Gasteiger charge is -2.10. The maximum atomic E-state index is 9.13. The van der Waals surface area contributed by atoms with Crippen molar-refractivity contribution < 1.29 is 14.6 Å². The molecule has 3 aromatic rings. The molecule has 0 aromatic carbocycles. The van der Waals surface area contributed by atoms with Gasteiger partial charge in [0.15, 0.2) is 0 Å². The van der Waals surface area contributed by atoms with Crippen LogP contribution >= 0.6 is 0 Å². The van der Waals surface area contributed by atoms with Crippen LogP contribution in [-0.4, -0.2) is 44.0 Å². The lowest BCUT2D eigenvalue weighted by molar-refractivity contribution is 0.275. The first-order valence-electron chi connectivity index (χ1n) is 9.08. The summed E-state index contributed by atoms with van der Waals surface area (Å²) in [5.74, 6) is 2.66. The fourth-order valence-corrected chi connectivity index (χ4v) is 3.03. The highest BCUT2D eigenvalue weighted by Crippen LogP contribution is 2.47. The second kappa shape index (κ2) is 7.85. The monoisotopic (exact) mass is 379 g/mol. The van der Waals surface area contributed by atoms with E-state index in [1.807, 2.05) is 19.1 Å². The van der Waals surface area contributed by atoms with Gasteiger partial charge < -0.3 is 14.6 Å². The number of pyridine rings is 1. The summed E-state index contributed by atoms with van der Waals surface area (Å²) in [5, 5.41) is 17.2. The van der Waals surface area contributed by atoms with E-state index in [9.17, 15) is 0 Å². The van der Waals surface area contributed by atoms with E-state index in [0.29, 0.717) is 47.1 Å². The van der Waals surface area contributed by atoms with Crippen molar-refractivity contribution in [2.24, 2.45) is 5.92 Å². The number of aliphatic hydroxyl groups excluding tert-OH is 1. The van der Waals surface area contributed by atoms with Crippen molar-refractivity contribution in [3.05, 3.63) is 53.9 Å². The minimum Gasteiger partial charge on any atom is -0.495 e. The minimum absolute atomic E-state index is 0.149. The molecule has 2 unspecified atom stereocenters. The van der Waals surface area contributed by atoms with Crippen molar-refractivity contribution in [2.75, 3.05) is 13.7 Å². The predicted molar refractivity (Wildman–Crippen MR) is 101 cm³/mol. The fraction of sp³-hybridized carbons (Fsp3) is 0.350. The van der Waals surface area contributed by atoms with Crippen molar-refractivity contribution in [3.63, 3.8) is 0 Å². The molecule has 8 nitrogen and oxygen atoms in total. The van der Waals surface area contributed by atoms with E-state index in [4.69, 9.17) is 14.6 Å². The van der Waals surface area contributed by atoms with Crippen LogP contribution in [0.5, 0.6) is 11.6 Å². The topological polar surface area (TPSA) is 103 Å². The molecule has 0 radical (unpaired) electrons. The molecule has 3 aromatic heterocycles. The third kappa shape index (κ3) is 3.91. The van der Waals surface area contributed by atoms with E-state index >= 15 is 0 Å². The summed E-state index contributed by atoms with van der Waals surface area (Å²) in [7, 11) is 1.63. The number of rotatable bonds is 7. The normalized spacial score (nSPS) is 18.0. The van der Waals surface area contributed by atoms with Crippen molar-refractivity contribution in [3.8, 4) is 22.9 Å². The summed E-state index contributed by atoms with van der Waals surface area (Å²) in [6.07, 6.45) is 4.46. The predicted octanol–water partition coefficient (Wildman–Crippen LogP) is 2.32. The molecule has 2 atom stereocenters.